The molecule has 2 amide bonds. The summed E-state index contributed by atoms with van der Waals surface area (Å²) in [6, 6.07) is 18.3. The van der Waals surface area contributed by atoms with Crippen LogP contribution in [0.1, 0.15) is 24.5 Å². The van der Waals surface area contributed by atoms with E-state index in [9.17, 15) is 19.8 Å². The van der Waals surface area contributed by atoms with Gasteiger partial charge in [-0.25, -0.2) is 0 Å². The normalized spacial score (nSPS) is 25.3. The summed E-state index contributed by atoms with van der Waals surface area (Å²) in [6.45, 7) is 1.57. The summed E-state index contributed by atoms with van der Waals surface area (Å²) in [5.41, 5.74) is -2.28. The van der Waals surface area contributed by atoms with E-state index in [2.05, 4.69) is 5.32 Å². The minimum atomic E-state index is -2.11. The third kappa shape index (κ3) is 3.47. The highest BCUT2D eigenvalue weighted by Gasteiger charge is 2.59. The Morgan fingerprint density at radius 1 is 1.04 bits per heavy atom. The molecular formula is C20H22N2O4. The van der Waals surface area contributed by atoms with Crippen LogP contribution in [0.2, 0.25) is 0 Å². The molecule has 0 unspecified atom stereocenters. The van der Waals surface area contributed by atoms with Crippen molar-refractivity contribution in [2.75, 3.05) is 0 Å². The molecule has 0 radical (unpaired) electrons. The predicted octanol–water partition coefficient (Wildman–Crippen LogP) is 1.17. The lowest BCUT2D eigenvalue weighted by molar-refractivity contribution is -0.166. The lowest BCUT2D eigenvalue weighted by Gasteiger charge is -2.32. The number of nitrogens with zero attached hydrogens (tertiary/aromatic N) is 1. The van der Waals surface area contributed by atoms with Gasteiger partial charge in [0.15, 0.2) is 0 Å². The average molecular weight is 354 g/mol. The maximum atomic E-state index is 12.7. The van der Waals surface area contributed by atoms with Crippen LogP contribution in [-0.2, 0) is 22.7 Å². The van der Waals surface area contributed by atoms with Crippen LogP contribution in [0.5, 0.6) is 0 Å². The average Bonchev–Trinajstić information content (AvgIpc) is 2.81. The van der Waals surface area contributed by atoms with E-state index in [1.165, 1.54) is 6.92 Å². The van der Waals surface area contributed by atoms with Gasteiger partial charge in [0, 0.05) is 19.5 Å². The molecule has 0 aromatic heterocycles. The third-order valence-electron chi connectivity index (χ3n) is 4.59. The maximum Gasteiger partial charge on any atom is 0.273 e. The minimum Gasteiger partial charge on any atom is -0.380 e. The van der Waals surface area contributed by atoms with Crippen LogP contribution < -0.4 is 5.32 Å². The van der Waals surface area contributed by atoms with Crippen molar-refractivity contribution in [1.29, 1.82) is 0 Å². The van der Waals surface area contributed by atoms with Gasteiger partial charge in [0.1, 0.15) is 5.60 Å². The summed E-state index contributed by atoms with van der Waals surface area (Å²) in [4.78, 5) is 26.3. The minimum absolute atomic E-state index is 0.0328. The van der Waals surface area contributed by atoms with Gasteiger partial charge in [-0.3, -0.25) is 14.5 Å². The Morgan fingerprint density at radius 3 is 2.15 bits per heavy atom. The summed E-state index contributed by atoms with van der Waals surface area (Å²) < 4.78 is 0. The Labute approximate surface area is 152 Å². The van der Waals surface area contributed by atoms with Gasteiger partial charge in [0.05, 0.1) is 0 Å². The first-order valence-corrected chi connectivity index (χ1v) is 8.46. The molecule has 1 heterocycles. The number of rotatable bonds is 5. The summed E-state index contributed by atoms with van der Waals surface area (Å²) in [7, 11) is 0. The molecule has 6 nitrogen and oxygen atoms in total. The number of nitrogens with one attached hydrogen (secondary N) is 1. The molecule has 0 saturated carbocycles. The highest BCUT2D eigenvalue weighted by Crippen LogP contribution is 2.36. The van der Waals surface area contributed by atoms with Gasteiger partial charge in [-0.2, -0.15) is 0 Å². The van der Waals surface area contributed by atoms with Crippen molar-refractivity contribution in [3.8, 4) is 0 Å². The van der Waals surface area contributed by atoms with Crippen molar-refractivity contribution < 1.29 is 19.8 Å². The number of aliphatic hydroxyl groups is 2. The molecule has 2 aromatic carbocycles. The second-order valence-corrected chi connectivity index (χ2v) is 6.81. The zero-order chi connectivity index (χ0) is 18.8. The SMILES string of the molecule is C[C@@]1(O)C[C@](O)(C(=O)NCc2ccccc2)N(Cc2ccccc2)C1=O. The molecule has 0 spiro atoms. The Bertz CT molecular complexity index is 792. The molecule has 1 aliphatic heterocycles. The predicted molar refractivity (Wildman–Crippen MR) is 95.5 cm³/mol. The standard InChI is InChI=1S/C20H22N2O4/c1-19(25)14-20(26,17(23)21-12-15-8-4-2-5-9-15)22(18(19)24)13-16-10-6-3-7-11-16/h2-11,25-26H,12-14H2,1H3,(H,21,23)/t19-,20+/m1/s1. The molecule has 2 atom stereocenters. The molecule has 1 fully saturated rings. The van der Waals surface area contributed by atoms with Crippen molar-refractivity contribution in [3.63, 3.8) is 0 Å². The van der Waals surface area contributed by atoms with Crippen LogP contribution in [0.3, 0.4) is 0 Å². The van der Waals surface area contributed by atoms with E-state index in [0.29, 0.717) is 0 Å². The van der Waals surface area contributed by atoms with E-state index < -0.39 is 23.1 Å². The topological polar surface area (TPSA) is 89.9 Å². The number of likely N-dealkylation sites (tertiary alicyclic amines) is 1. The lowest BCUT2D eigenvalue weighted by Crippen LogP contribution is -2.56. The summed E-state index contributed by atoms with van der Waals surface area (Å²) >= 11 is 0. The fourth-order valence-electron chi connectivity index (χ4n) is 3.20. The van der Waals surface area contributed by atoms with Crippen molar-refractivity contribution in [1.82, 2.24) is 10.2 Å². The van der Waals surface area contributed by atoms with Crippen molar-refractivity contribution in [2.24, 2.45) is 0 Å². The van der Waals surface area contributed by atoms with Crippen LogP contribution in [0.15, 0.2) is 60.7 Å². The summed E-state index contributed by atoms with van der Waals surface area (Å²) in [5, 5.41) is 24.0. The van der Waals surface area contributed by atoms with Gasteiger partial charge in [0.2, 0.25) is 5.72 Å². The Kier molecular flexibility index (Phi) is 4.80. The smallest absolute Gasteiger partial charge is 0.273 e. The van der Waals surface area contributed by atoms with Crippen LogP contribution in [-0.4, -0.2) is 38.3 Å². The Morgan fingerprint density at radius 2 is 1.58 bits per heavy atom. The quantitative estimate of drug-likeness (QED) is 0.752. The van der Waals surface area contributed by atoms with Crippen LogP contribution in [0.25, 0.3) is 0 Å². The van der Waals surface area contributed by atoms with Gasteiger partial charge in [-0.1, -0.05) is 60.7 Å². The highest BCUT2D eigenvalue weighted by molar-refractivity contribution is 5.97. The fourth-order valence-corrected chi connectivity index (χ4v) is 3.20. The van der Waals surface area contributed by atoms with E-state index in [4.69, 9.17) is 0 Å². The van der Waals surface area contributed by atoms with E-state index >= 15 is 0 Å². The zero-order valence-electron chi connectivity index (χ0n) is 14.6. The maximum absolute atomic E-state index is 12.7. The molecule has 26 heavy (non-hydrogen) atoms. The molecule has 1 aliphatic rings. The van der Waals surface area contributed by atoms with Gasteiger partial charge < -0.3 is 15.5 Å². The van der Waals surface area contributed by atoms with Gasteiger partial charge in [0.25, 0.3) is 11.8 Å². The van der Waals surface area contributed by atoms with Crippen LogP contribution >= 0.6 is 0 Å². The van der Waals surface area contributed by atoms with Gasteiger partial charge >= 0.3 is 0 Å². The molecule has 0 aliphatic carbocycles. The second-order valence-electron chi connectivity index (χ2n) is 6.81. The Hall–Kier alpha value is -2.70. The van der Waals surface area contributed by atoms with E-state index in [0.717, 1.165) is 16.0 Å². The molecule has 6 heteroatoms. The number of hydrogen-bond donors (Lipinski definition) is 3. The Balaban J connectivity index is 1.81. The first-order chi connectivity index (χ1) is 12.3. The summed E-state index contributed by atoms with van der Waals surface area (Å²) in [6.07, 6.45) is -0.383. The van der Waals surface area contributed by atoms with Crippen molar-refractivity contribution in [3.05, 3.63) is 71.8 Å². The van der Waals surface area contributed by atoms with E-state index in [1.807, 2.05) is 48.5 Å². The van der Waals surface area contributed by atoms with Gasteiger partial charge in [-0.05, 0) is 18.1 Å². The van der Waals surface area contributed by atoms with Crippen molar-refractivity contribution in [2.45, 2.75) is 37.8 Å². The van der Waals surface area contributed by atoms with Gasteiger partial charge in [-0.15, -0.1) is 0 Å². The lowest BCUT2D eigenvalue weighted by atomic mass is 9.99. The van der Waals surface area contributed by atoms with E-state index in [1.54, 1.807) is 12.1 Å². The summed E-state index contributed by atoms with van der Waals surface area (Å²) in [5.74, 6) is -1.37. The molecular weight excluding hydrogens is 332 g/mol. The second kappa shape index (κ2) is 6.90. The number of amides is 2. The molecule has 3 rings (SSSR count). The number of hydrogen-bond acceptors (Lipinski definition) is 4. The van der Waals surface area contributed by atoms with Crippen LogP contribution in [0, 0.1) is 0 Å². The highest BCUT2D eigenvalue weighted by atomic mass is 16.4. The number of carbonyl (C=O) groups excluding carboxylic acids is 2. The molecule has 3 N–H and O–H groups in total. The fraction of sp³-hybridized carbons (Fsp3) is 0.300. The molecule has 2 aromatic rings. The van der Waals surface area contributed by atoms with E-state index in [-0.39, 0.29) is 19.5 Å². The largest absolute Gasteiger partial charge is 0.380 e. The van der Waals surface area contributed by atoms with Crippen LogP contribution in [0.4, 0.5) is 0 Å². The third-order valence-corrected chi connectivity index (χ3v) is 4.59. The molecule has 1 saturated heterocycles. The van der Waals surface area contributed by atoms with Crippen molar-refractivity contribution >= 4 is 11.8 Å². The zero-order valence-corrected chi connectivity index (χ0v) is 14.6. The number of carbonyl (C=O) groups is 2. The molecule has 0 bridgehead atoms. The first-order valence-electron chi connectivity index (χ1n) is 8.46. The molecule has 136 valence electrons. The first kappa shape index (κ1) is 18.1. The number of benzene rings is 2. The monoisotopic (exact) mass is 354 g/mol.